The Morgan fingerprint density at radius 2 is 2.05 bits per heavy atom. The highest BCUT2D eigenvalue weighted by atomic mass is 35.5. The van der Waals surface area contributed by atoms with E-state index in [2.05, 4.69) is 10.3 Å². The molecular formula is C16H14ClN3O2. The van der Waals surface area contributed by atoms with Gasteiger partial charge in [0.1, 0.15) is 5.88 Å². The fourth-order valence-corrected chi connectivity index (χ4v) is 2.57. The topological polar surface area (TPSA) is 62.3 Å². The number of rotatable bonds is 1. The maximum Gasteiger partial charge on any atom is 0.257 e. The number of pyridine rings is 1. The Hall–Kier alpha value is -2.40. The van der Waals surface area contributed by atoms with Crippen LogP contribution in [0, 0.1) is 13.8 Å². The van der Waals surface area contributed by atoms with Crippen LogP contribution in [0.5, 0.6) is 0 Å². The Labute approximate surface area is 132 Å². The van der Waals surface area contributed by atoms with Crippen molar-refractivity contribution in [3.8, 4) is 0 Å². The molecule has 1 aliphatic rings. The van der Waals surface area contributed by atoms with Crippen molar-refractivity contribution in [2.24, 2.45) is 0 Å². The second-order valence-corrected chi connectivity index (χ2v) is 5.43. The van der Waals surface area contributed by atoms with Crippen LogP contribution >= 0.6 is 11.6 Å². The number of amides is 2. The third-order valence-electron chi connectivity index (χ3n) is 3.48. The van der Waals surface area contributed by atoms with Crippen LogP contribution in [-0.2, 0) is 4.79 Å². The molecule has 0 aliphatic carbocycles. The van der Waals surface area contributed by atoms with E-state index in [1.807, 2.05) is 19.9 Å². The Kier molecular flexibility index (Phi) is 3.58. The molecule has 2 aromatic rings. The molecular weight excluding hydrogens is 302 g/mol. The molecule has 0 atom stereocenters. The molecule has 2 heterocycles. The first-order valence-corrected chi connectivity index (χ1v) is 7.33. The SMILES string of the molecule is Cc1ccc2c(c1)C(=O)Nc1ccc(C)nc1N2C(=O)CCl. The maximum absolute atomic E-state index is 12.5. The van der Waals surface area contributed by atoms with Gasteiger partial charge in [0.15, 0.2) is 5.82 Å². The van der Waals surface area contributed by atoms with Crippen LogP contribution < -0.4 is 10.2 Å². The van der Waals surface area contributed by atoms with Gasteiger partial charge in [0, 0.05) is 5.69 Å². The first-order chi connectivity index (χ1) is 10.5. The number of carbonyl (C=O) groups excluding carboxylic acids is 2. The van der Waals surface area contributed by atoms with E-state index in [1.165, 1.54) is 4.90 Å². The van der Waals surface area contributed by atoms with E-state index >= 15 is 0 Å². The van der Waals surface area contributed by atoms with Gasteiger partial charge in [0.2, 0.25) is 5.91 Å². The van der Waals surface area contributed by atoms with Crippen LogP contribution in [-0.4, -0.2) is 22.7 Å². The second kappa shape index (κ2) is 5.42. The third kappa shape index (κ3) is 2.33. The zero-order valence-electron chi connectivity index (χ0n) is 12.2. The number of aromatic nitrogens is 1. The second-order valence-electron chi connectivity index (χ2n) is 5.16. The van der Waals surface area contributed by atoms with Crippen LogP contribution in [0.2, 0.25) is 0 Å². The predicted molar refractivity (Wildman–Crippen MR) is 86.0 cm³/mol. The van der Waals surface area contributed by atoms with Gasteiger partial charge in [-0.3, -0.25) is 14.5 Å². The molecule has 0 radical (unpaired) electrons. The standard InChI is InChI=1S/C16H14ClN3O2/c1-9-3-6-13-11(7-9)16(22)19-12-5-4-10(2)18-15(12)20(13)14(21)8-17/h3-7H,8H2,1-2H3,(H,19,22). The van der Waals surface area contributed by atoms with Gasteiger partial charge in [-0.1, -0.05) is 11.6 Å². The molecule has 0 unspecified atom stereocenters. The summed E-state index contributed by atoms with van der Waals surface area (Å²) >= 11 is 5.75. The molecule has 112 valence electrons. The van der Waals surface area contributed by atoms with Crippen LogP contribution in [0.3, 0.4) is 0 Å². The molecule has 1 aliphatic heterocycles. The van der Waals surface area contributed by atoms with Crippen molar-refractivity contribution >= 4 is 40.6 Å². The van der Waals surface area contributed by atoms with E-state index < -0.39 is 0 Å². The van der Waals surface area contributed by atoms with Crippen molar-refractivity contribution in [1.29, 1.82) is 0 Å². The van der Waals surface area contributed by atoms with Crippen molar-refractivity contribution in [3.05, 3.63) is 47.2 Å². The van der Waals surface area contributed by atoms with Crippen LogP contribution in [0.15, 0.2) is 30.3 Å². The first kappa shape index (κ1) is 14.5. The number of nitrogens with one attached hydrogen (secondary N) is 1. The van der Waals surface area contributed by atoms with E-state index in [4.69, 9.17) is 11.6 Å². The molecule has 0 bridgehead atoms. The summed E-state index contributed by atoms with van der Waals surface area (Å²) in [7, 11) is 0. The lowest BCUT2D eigenvalue weighted by Crippen LogP contribution is -2.28. The average molecular weight is 316 g/mol. The molecule has 3 rings (SSSR count). The summed E-state index contributed by atoms with van der Waals surface area (Å²) < 4.78 is 0. The molecule has 2 amide bonds. The zero-order valence-corrected chi connectivity index (χ0v) is 12.9. The number of benzene rings is 1. The molecule has 5 nitrogen and oxygen atoms in total. The van der Waals surface area contributed by atoms with E-state index in [1.54, 1.807) is 24.3 Å². The summed E-state index contributed by atoms with van der Waals surface area (Å²) in [5, 5.41) is 2.80. The molecule has 0 saturated heterocycles. The summed E-state index contributed by atoms with van der Waals surface area (Å²) in [5.41, 5.74) is 3.08. The van der Waals surface area contributed by atoms with Crippen molar-refractivity contribution in [1.82, 2.24) is 4.98 Å². The van der Waals surface area contributed by atoms with Crippen molar-refractivity contribution < 1.29 is 9.59 Å². The molecule has 22 heavy (non-hydrogen) atoms. The predicted octanol–water partition coefficient (Wildman–Crippen LogP) is 3.17. The smallest absolute Gasteiger partial charge is 0.257 e. The minimum atomic E-state index is -0.331. The molecule has 6 heteroatoms. The Balaban J connectivity index is 2.31. The van der Waals surface area contributed by atoms with Crippen molar-refractivity contribution in [3.63, 3.8) is 0 Å². The highest BCUT2D eigenvalue weighted by Gasteiger charge is 2.30. The minimum absolute atomic E-state index is 0.198. The number of alkyl halides is 1. The number of hydrogen-bond donors (Lipinski definition) is 1. The lowest BCUT2D eigenvalue weighted by atomic mass is 10.1. The fourth-order valence-electron chi connectivity index (χ4n) is 2.45. The number of hydrogen-bond acceptors (Lipinski definition) is 3. The van der Waals surface area contributed by atoms with Gasteiger partial charge in [0.05, 0.1) is 16.9 Å². The van der Waals surface area contributed by atoms with Crippen LogP contribution in [0.4, 0.5) is 17.2 Å². The summed E-state index contributed by atoms with van der Waals surface area (Å²) in [5.74, 6) is -0.406. The van der Waals surface area contributed by atoms with E-state index in [9.17, 15) is 9.59 Å². The monoisotopic (exact) mass is 315 g/mol. The highest BCUT2D eigenvalue weighted by Crippen LogP contribution is 2.37. The summed E-state index contributed by atoms with van der Waals surface area (Å²) in [6.45, 7) is 3.72. The van der Waals surface area contributed by atoms with Crippen molar-refractivity contribution in [2.75, 3.05) is 16.1 Å². The number of fused-ring (bicyclic) bond motifs is 2. The van der Waals surface area contributed by atoms with E-state index in [0.29, 0.717) is 22.8 Å². The van der Waals surface area contributed by atoms with Crippen LogP contribution in [0.25, 0.3) is 0 Å². The molecule has 0 fully saturated rings. The number of anilines is 3. The van der Waals surface area contributed by atoms with Gasteiger partial charge in [-0.05, 0) is 38.1 Å². The Morgan fingerprint density at radius 1 is 1.27 bits per heavy atom. The Morgan fingerprint density at radius 3 is 2.77 bits per heavy atom. The first-order valence-electron chi connectivity index (χ1n) is 6.80. The zero-order chi connectivity index (χ0) is 15.9. The molecule has 1 N–H and O–H groups in total. The van der Waals surface area contributed by atoms with Gasteiger partial charge in [-0.15, -0.1) is 11.6 Å². The molecule has 1 aromatic carbocycles. The number of halogens is 1. The minimum Gasteiger partial charge on any atom is -0.319 e. The molecule has 0 spiro atoms. The van der Waals surface area contributed by atoms with E-state index in [0.717, 1.165) is 11.3 Å². The number of nitrogens with zero attached hydrogens (tertiary/aromatic N) is 2. The fraction of sp³-hybridized carbons (Fsp3) is 0.188. The van der Waals surface area contributed by atoms with Gasteiger partial charge < -0.3 is 5.32 Å². The van der Waals surface area contributed by atoms with Gasteiger partial charge >= 0.3 is 0 Å². The normalized spacial score (nSPS) is 13.0. The third-order valence-corrected chi connectivity index (χ3v) is 3.70. The number of aryl methyl sites for hydroxylation is 2. The van der Waals surface area contributed by atoms with Gasteiger partial charge in [-0.25, -0.2) is 4.98 Å². The average Bonchev–Trinajstić information content (AvgIpc) is 2.61. The van der Waals surface area contributed by atoms with Crippen LogP contribution in [0.1, 0.15) is 21.6 Å². The summed E-state index contributed by atoms with van der Waals surface area (Å²) in [6.07, 6.45) is 0. The van der Waals surface area contributed by atoms with E-state index in [-0.39, 0.29) is 17.7 Å². The van der Waals surface area contributed by atoms with Gasteiger partial charge in [0.25, 0.3) is 5.91 Å². The number of carbonyl (C=O) groups is 2. The van der Waals surface area contributed by atoms with Crippen molar-refractivity contribution in [2.45, 2.75) is 13.8 Å². The summed E-state index contributed by atoms with van der Waals surface area (Å²) in [6, 6.07) is 8.86. The quantitative estimate of drug-likeness (QED) is 0.822. The van der Waals surface area contributed by atoms with Gasteiger partial charge in [-0.2, -0.15) is 0 Å². The molecule has 1 aromatic heterocycles. The lowest BCUT2D eigenvalue weighted by molar-refractivity contribution is -0.115. The lowest BCUT2D eigenvalue weighted by Gasteiger charge is -2.22. The molecule has 0 saturated carbocycles. The maximum atomic E-state index is 12.5. The largest absolute Gasteiger partial charge is 0.319 e. The Bertz CT molecular complexity index is 789. The summed E-state index contributed by atoms with van der Waals surface area (Å²) in [4.78, 5) is 30.6. The highest BCUT2D eigenvalue weighted by molar-refractivity contribution is 6.31.